The standard InChI is InChI=1S/C11H13FN4/c1-8-3-4-10(9(12)5-8)13-6-11-15-14-7-16(11)2/h3-5,7,13H,6H2,1-2H3. The minimum atomic E-state index is -0.248. The molecule has 2 rings (SSSR count). The van der Waals surface area contributed by atoms with Crippen molar-refractivity contribution in [1.82, 2.24) is 14.8 Å². The Balaban J connectivity index is 2.08. The Morgan fingerprint density at radius 1 is 1.44 bits per heavy atom. The van der Waals surface area contributed by atoms with E-state index in [1.807, 2.05) is 20.0 Å². The van der Waals surface area contributed by atoms with Crippen LogP contribution in [0.4, 0.5) is 10.1 Å². The Kier molecular flexibility index (Phi) is 2.85. The zero-order chi connectivity index (χ0) is 11.5. The van der Waals surface area contributed by atoms with Gasteiger partial charge in [-0.05, 0) is 24.6 Å². The van der Waals surface area contributed by atoms with Gasteiger partial charge in [-0.3, -0.25) is 0 Å². The fourth-order valence-electron chi connectivity index (χ4n) is 1.40. The van der Waals surface area contributed by atoms with Crippen LogP contribution in [0.1, 0.15) is 11.4 Å². The molecule has 4 nitrogen and oxygen atoms in total. The highest BCUT2D eigenvalue weighted by Crippen LogP contribution is 2.15. The van der Waals surface area contributed by atoms with Gasteiger partial charge in [0.15, 0.2) is 5.82 Å². The van der Waals surface area contributed by atoms with Crippen molar-refractivity contribution in [2.24, 2.45) is 7.05 Å². The third-order valence-electron chi connectivity index (χ3n) is 2.37. The number of hydrogen-bond donors (Lipinski definition) is 1. The van der Waals surface area contributed by atoms with Crippen LogP contribution < -0.4 is 5.32 Å². The summed E-state index contributed by atoms with van der Waals surface area (Å²) in [7, 11) is 1.85. The molecule has 0 aliphatic rings. The van der Waals surface area contributed by atoms with E-state index in [-0.39, 0.29) is 5.82 Å². The van der Waals surface area contributed by atoms with E-state index in [0.717, 1.165) is 11.4 Å². The summed E-state index contributed by atoms with van der Waals surface area (Å²) >= 11 is 0. The number of nitrogens with one attached hydrogen (secondary N) is 1. The van der Waals surface area contributed by atoms with Crippen molar-refractivity contribution in [2.75, 3.05) is 5.32 Å². The summed E-state index contributed by atoms with van der Waals surface area (Å²) in [6, 6.07) is 5.09. The molecule has 16 heavy (non-hydrogen) atoms. The molecule has 0 spiro atoms. The van der Waals surface area contributed by atoms with Crippen LogP contribution in [0, 0.1) is 12.7 Å². The minimum absolute atomic E-state index is 0.248. The van der Waals surface area contributed by atoms with Gasteiger partial charge in [-0.15, -0.1) is 10.2 Å². The maximum atomic E-state index is 13.5. The first-order valence-corrected chi connectivity index (χ1v) is 4.99. The molecule has 1 aromatic heterocycles. The molecular weight excluding hydrogens is 207 g/mol. The van der Waals surface area contributed by atoms with E-state index in [0.29, 0.717) is 12.2 Å². The van der Waals surface area contributed by atoms with Gasteiger partial charge in [0.1, 0.15) is 12.1 Å². The second kappa shape index (κ2) is 4.30. The number of hydrogen-bond acceptors (Lipinski definition) is 3. The molecule has 1 heterocycles. The van der Waals surface area contributed by atoms with Gasteiger partial charge in [0.2, 0.25) is 0 Å². The first-order valence-electron chi connectivity index (χ1n) is 4.99. The molecule has 0 unspecified atom stereocenters. The lowest BCUT2D eigenvalue weighted by atomic mass is 10.2. The van der Waals surface area contributed by atoms with Gasteiger partial charge in [-0.1, -0.05) is 6.07 Å². The van der Waals surface area contributed by atoms with Crippen molar-refractivity contribution < 1.29 is 4.39 Å². The monoisotopic (exact) mass is 220 g/mol. The molecule has 0 aliphatic carbocycles. The van der Waals surface area contributed by atoms with Crippen LogP contribution in [0.15, 0.2) is 24.5 Å². The summed E-state index contributed by atoms with van der Waals surface area (Å²) < 4.78 is 15.3. The number of halogens is 1. The second-order valence-corrected chi connectivity index (χ2v) is 3.69. The van der Waals surface area contributed by atoms with Gasteiger partial charge < -0.3 is 9.88 Å². The van der Waals surface area contributed by atoms with Gasteiger partial charge in [0, 0.05) is 7.05 Å². The zero-order valence-corrected chi connectivity index (χ0v) is 9.24. The van der Waals surface area contributed by atoms with Crippen LogP contribution in [0.25, 0.3) is 0 Å². The summed E-state index contributed by atoms with van der Waals surface area (Å²) in [6.45, 7) is 2.31. The topological polar surface area (TPSA) is 42.7 Å². The van der Waals surface area contributed by atoms with Crippen molar-refractivity contribution >= 4 is 5.69 Å². The molecule has 84 valence electrons. The summed E-state index contributed by atoms with van der Waals surface area (Å²) in [5.41, 5.74) is 1.38. The summed E-state index contributed by atoms with van der Waals surface area (Å²) in [6.07, 6.45) is 1.61. The molecule has 0 saturated heterocycles. The highest BCUT2D eigenvalue weighted by atomic mass is 19.1. The predicted molar refractivity (Wildman–Crippen MR) is 59.5 cm³/mol. The van der Waals surface area contributed by atoms with Crippen LogP contribution in [0.5, 0.6) is 0 Å². The highest BCUT2D eigenvalue weighted by molar-refractivity contribution is 5.46. The Hall–Kier alpha value is -1.91. The molecule has 0 bridgehead atoms. The molecule has 0 aliphatic heterocycles. The van der Waals surface area contributed by atoms with E-state index in [2.05, 4.69) is 15.5 Å². The molecule has 0 atom stereocenters. The zero-order valence-electron chi connectivity index (χ0n) is 9.24. The van der Waals surface area contributed by atoms with E-state index in [1.165, 1.54) is 6.07 Å². The van der Waals surface area contributed by atoms with Gasteiger partial charge in [0.05, 0.1) is 12.2 Å². The molecule has 2 aromatic rings. The highest BCUT2D eigenvalue weighted by Gasteiger charge is 2.04. The molecule has 5 heteroatoms. The lowest BCUT2D eigenvalue weighted by molar-refractivity contribution is 0.628. The van der Waals surface area contributed by atoms with Gasteiger partial charge in [0.25, 0.3) is 0 Å². The summed E-state index contributed by atoms with van der Waals surface area (Å²) in [5, 5.41) is 10.6. The van der Waals surface area contributed by atoms with Crippen LogP contribution in [0.3, 0.4) is 0 Å². The van der Waals surface area contributed by atoms with Crippen molar-refractivity contribution in [3.05, 3.63) is 41.7 Å². The first kappa shape index (κ1) is 10.6. The van der Waals surface area contributed by atoms with Crippen LogP contribution in [0.2, 0.25) is 0 Å². The lowest BCUT2D eigenvalue weighted by Gasteiger charge is -2.07. The van der Waals surface area contributed by atoms with E-state index < -0.39 is 0 Å². The van der Waals surface area contributed by atoms with Gasteiger partial charge in [-0.25, -0.2) is 4.39 Å². The molecular formula is C11H13FN4. The Bertz CT molecular complexity index is 492. The third kappa shape index (κ3) is 2.18. The Morgan fingerprint density at radius 3 is 2.88 bits per heavy atom. The Labute approximate surface area is 93.1 Å². The average Bonchev–Trinajstić information content (AvgIpc) is 2.63. The molecule has 1 N–H and O–H groups in total. The summed E-state index contributed by atoms with van der Waals surface area (Å²) in [4.78, 5) is 0. The third-order valence-corrected chi connectivity index (χ3v) is 2.37. The molecule has 0 amide bonds. The van der Waals surface area contributed by atoms with E-state index in [4.69, 9.17) is 0 Å². The number of benzene rings is 1. The van der Waals surface area contributed by atoms with Gasteiger partial charge >= 0.3 is 0 Å². The molecule has 1 aromatic carbocycles. The fraction of sp³-hybridized carbons (Fsp3) is 0.273. The molecule has 0 radical (unpaired) electrons. The SMILES string of the molecule is Cc1ccc(NCc2nncn2C)c(F)c1. The normalized spacial score (nSPS) is 10.4. The van der Waals surface area contributed by atoms with E-state index >= 15 is 0 Å². The lowest BCUT2D eigenvalue weighted by Crippen LogP contribution is -2.06. The van der Waals surface area contributed by atoms with Crippen LogP contribution in [-0.2, 0) is 13.6 Å². The van der Waals surface area contributed by atoms with Crippen molar-refractivity contribution in [3.8, 4) is 0 Å². The smallest absolute Gasteiger partial charge is 0.151 e. The largest absolute Gasteiger partial charge is 0.375 e. The van der Waals surface area contributed by atoms with Crippen molar-refractivity contribution in [1.29, 1.82) is 0 Å². The van der Waals surface area contributed by atoms with Crippen molar-refractivity contribution in [3.63, 3.8) is 0 Å². The number of aromatic nitrogens is 3. The number of rotatable bonds is 3. The molecule has 0 fully saturated rings. The summed E-state index contributed by atoms with van der Waals surface area (Å²) in [5.74, 6) is 0.516. The maximum absolute atomic E-state index is 13.5. The van der Waals surface area contributed by atoms with Crippen LogP contribution >= 0.6 is 0 Å². The first-order chi connectivity index (χ1) is 7.66. The quantitative estimate of drug-likeness (QED) is 0.858. The predicted octanol–water partition coefficient (Wildman–Crippen LogP) is 1.87. The van der Waals surface area contributed by atoms with Crippen LogP contribution in [-0.4, -0.2) is 14.8 Å². The van der Waals surface area contributed by atoms with E-state index in [1.54, 1.807) is 17.0 Å². The number of nitrogens with zero attached hydrogens (tertiary/aromatic N) is 3. The second-order valence-electron chi connectivity index (χ2n) is 3.69. The Morgan fingerprint density at radius 2 is 2.25 bits per heavy atom. The fourth-order valence-corrected chi connectivity index (χ4v) is 1.40. The van der Waals surface area contributed by atoms with E-state index in [9.17, 15) is 4.39 Å². The average molecular weight is 220 g/mol. The maximum Gasteiger partial charge on any atom is 0.151 e. The number of aryl methyl sites for hydroxylation is 2. The number of anilines is 1. The van der Waals surface area contributed by atoms with Gasteiger partial charge in [-0.2, -0.15) is 0 Å². The molecule has 0 saturated carbocycles. The minimum Gasteiger partial charge on any atom is -0.375 e. The van der Waals surface area contributed by atoms with Crippen molar-refractivity contribution in [2.45, 2.75) is 13.5 Å².